The first-order valence-electron chi connectivity index (χ1n) is 5.86. The highest BCUT2D eigenvalue weighted by atomic mass is 16.1. The van der Waals surface area contributed by atoms with Gasteiger partial charge in [0.1, 0.15) is 5.52 Å². The second-order valence-electron chi connectivity index (χ2n) is 5.17. The number of nitrogens with zero attached hydrogens (tertiary/aromatic N) is 2. The van der Waals surface area contributed by atoms with Crippen LogP contribution in [0.3, 0.4) is 0 Å². The van der Waals surface area contributed by atoms with Crippen LogP contribution in [0.2, 0.25) is 0 Å². The number of amides is 1. The third-order valence-electron chi connectivity index (χ3n) is 3.97. The van der Waals surface area contributed by atoms with Gasteiger partial charge in [-0.2, -0.15) is 0 Å². The number of aromatic nitrogens is 3. The highest BCUT2D eigenvalue weighted by molar-refractivity contribution is 6.04. The van der Waals surface area contributed by atoms with E-state index < -0.39 is 0 Å². The quantitative estimate of drug-likeness (QED) is 0.812. The van der Waals surface area contributed by atoms with Crippen molar-refractivity contribution in [3.63, 3.8) is 0 Å². The fraction of sp³-hybridized carbons (Fsp3) is 0.417. The maximum Gasteiger partial charge on any atom is 0.255 e. The van der Waals surface area contributed by atoms with Crippen LogP contribution in [-0.2, 0) is 0 Å². The van der Waals surface area contributed by atoms with Crippen molar-refractivity contribution in [1.29, 1.82) is 0 Å². The number of fused-ring (bicyclic) bond motifs is 1. The summed E-state index contributed by atoms with van der Waals surface area (Å²) in [5.74, 6) is 0.827. The van der Waals surface area contributed by atoms with Crippen molar-refractivity contribution in [2.45, 2.75) is 24.8 Å². The Morgan fingerprint density at radius 1 is 1.35 bits per heavy atom. The monoisotopic (exact) mass is 228 g/mol. The van der Waals surface area contributed by atoms with Gasteiger partial charge < -0.3 is 10.3 Å². The Balaban J connectivity index is 1.66. The Labute approximate surface area is 97.7 Å². The van der Waals surface area contributed by atoms with E-state index in [0.717, 1.165) is 25.2 Å². The Morgan fingerprint density at radius 2 is 2.12 bits per heavy atom. The number of nitrogens with one attached hydrogen (secondary N) is 2. The van der Waals surface area contributed by atoms with Crippen LogP contribution in [0.4, 0.5) is 0 Å². The Kier molecular flexibility index (Phi) is 1.54. The topological polar surface area (TPSA) is 70.7 Å². The van der Waals surface area contributed by atoms with Crippen LogP contribution >= 0.6 is 0 Å². The number of hydrogen-bond donors (Lipinski definition) is 2. The molecule has 5 nitrogen and oxygen atoms in total. The Morgan fingerprint density at radius 3 is 2.82 bits per heavy atom. The molecule has 17 heavy (non-hydrogen) atoms. The van der Waals surface area contributed by atoms with Gasteiger partial charge in [0.15, 0.2) is 5.65 Å². The highest BCUT2D eigenvalue weighted by Gasteiger charge is 2.57. The van der Waals surface area contributed by atoms with Crippen molar-refractivity contribution in [3.05, 3.63) is 24.2 Å². The maximum absolute atomic E-state index is 12.2. The molecule has 0 saturated heterocycles. The lowest BCUT2D eigenvalue weighted by molar-refractivity contribution is -0.0438. The molecule has 3 fully saturated rings. The lowest BCUT2D eigenvalue weighted by atomic mass is 9.50. The molecule has 1 amide bonds. The second-order valence-corrected chi connectivity index (χ2v) is 5.17. The molecule has 0 aromatic carbocycles. The van der Waals surface area contributed by atoms with Crippen molar-refractivity contribution in [1.82, 2.24) is 20.3 Å². The van der Waals surface area contributed by atoms with Gasteiger partial charge in [-0.25, -0.2) is 4.98 Å². The molecule has 0 spiro atoms. The molecule has 5 heteroatoms. The molecule has 2 bridgehead atoms. The zero-order chi connectivity index (χ0) is 11.5. The fourth-order valence-electron chi connectivity index (χ4n) is 2.96. The van der Waals surface area contributed by atoms with E-state index in [9.17, 15) is 4.79 Å². The van der Waals surface area contributed by atoms with Crippen LogP contribution in [0, 0.1) is 5.92 Å². The minimum Gasteiger partial charge on any atom is -0.346 e. The van der Waals surface area contributed by atoms with Crippen molar-refractivity contribution in [2.24, 2.45) is 5.92 Å². The summed E-state index contributed by atoms with van der Waals surface area (Å²) < 4.78 is 0. The summed E-state index contributed by atoms with van der Waals surface area (Å²) in [6.45, 7) is 0. The lowest BCUT2D eigenvalue weighted by Gasteiger charge is -2.61. The fourth-order valence-corrected chi connectivity index (χ4v) is 2.96. The summed E-state index contributed by atoms with van der Waals surface area (Å²) in [6.07, 6.45) is 8.34. The smallest absolute Gasteiger partial charge is 0.255 e. The highest BCUT2D eigenvalue weighted by Crippen LogP contribution is 2.57. The van der Waals surface area contributed by atoms with Gasteiger partial charge in [0, 0.05) is 24.1 Å². The summed E-state index contributed by atoms with van der Waals surface area (Å²) in [4.78, 5) is 23.4. The zero-order valence-corrected chi connectivity index (χ0v) is 9.23. The number of H-pyrrole nitrogens is 1. The normalized spacial score (nSPS) is 29.5. The molecule has 3 saturated carbocycles. The number of carbonyl (C=O) groups excluding carboxylic acids is 1. The molecule has 0 radical (unpaired) electrons. The van der Waals surface area contributed by atoms with E-state index >= 15 is 0 Å². The van der Waals surface area contributed by atoms with Gasteiger partial charge >= 0.3 is 0 Å². The van der Waals surface area contributed by atoms with Gasteiger partial charge in [0.2, 0.25) is 0 Å². The van der Waals surface area contributed by atoms with E-state index in [1.165, 1.54) is 0 Å². The number of aromatic amines is 1. The lowest BCUT2D eigenvalue weighted by Crippen LogP contribution is -2.68. The molecule has 0 atom stereocenters. The second kappa shape index (κ2) is 2.85. The van der Waals surface area contributed by atoms with Gasteiger partial charge in [0.05, 0.1) is 5.56 Å². The molecule has 86 valence electrons. The van der Waals surface area contributed by atoms with Crippen molar-refractivity contribution >= 4 is 17.1 Å². The summed E-state index contributed by atoms with van der Waals surface area (Å²) in [5, 5.41) is 3.13. The molecule has 3 aliphatic carbocycles. The van der Waals surface area contributed by atoms with Crippen molar-refractivity contribution in [2.75, 3.05) is 0 Å². The molecule has 2 aromatic heterocycles. The first kappa shape index (κ1) is 9.15. The number of hydrogen-bond acceptors (Lipinski definition) is 3. The zero-order valence-electron chi connectivity index (χ0n) is 9.23. The van der Waals surface area contributed by atoms with E-state index in [2.05, 4.69) is 20.3 Å². The van der Waals surface area contributed by atoms with E-state index in [1.54, 1.807) is 18.6 Å². The van der Waals surface area contributed by atoms with Crippen LogP contribution in [0.15, 0.2) is 18.6 Å². The van der Waals surface area contributed by atoms with Crippen LogP contribution in [0.1, 0.15) is 29.6 Å². The van der Waals surface area contributed by atoms with Gasteiger partial charge in [-0.15, -0.1) is 0 Å². The molecule has 0 unspecified atom stereocenters. The van der Waals surface area contributed by atoms with Gasteiger partial charge in [0.25, 0.3) is 5.91 Å². The third-order valence-corrected chi connectivity index (χ3v) is 3.97. The minimum absolute atomic E-state index is 0.0325. The predicted molar refractivity (Wildman–Crippen MR) is 61.4 cm³/mol. The maximum atomic E-state index is 12.2. The molecule has 5 rings (SSSR count). The average molecular weight is 228 g/mol. The van der Waals surface area contributed by atoms with Crippen molar-refractivity contribution in [3.8, 4) is 0 Å². The Bertz CT molecular complexity index is 601. The molecular formula is C12H12N4O. The van der Waals surface area contributed by atoms with Crippen LogP contribution < -0.4 is 5.32 Å². The average Bonchev–Trinajstić information content (AvgIpc) is 2.65. The summed E-state index contributed by atoms with van der Waals surface area (Å²) >= 11 is 0. The summed E-state index contributed by atoms with van der Waals surface area (Å²) in [7, 11) is 0. The molecule has 0 aliphatic heterocycles. The van der Waals surface area contributed by atoms with Crippen molar-refractivity contribution < 1.29 is 4.79 Å². The standard InChI is InChI=1S/C12H12N4O/c17-11(16-12-3-7(4-12)5-12)8-6-15-10-9(8)13-1-2-14-10/h1-2,6-7H,3-5H2,(H,14,15)(H,16,17). The SMILES string of the molecule is O=C(NC12CC(C1)C2)c1c[nH]c2nccnc12. The van der Waals surface area contributed by atoms with Gasteiger partial charge in [-0.1, -0.05) is 0 Å². The number of carbonyl (C=O) groups is 1. The largest absolute Gasteiger partial charge is 0.346 e. The Hall–Kier alpha value is -1.91. The molecule has 2 N–H and O–H groups in total. The van der Waals surface area contributed by atoms with Crippen LogP contribution in [-0.4, -0.2) is 26.4 Å². The first-order valence-corrected chi connectivity index (χ1v) is 5.86. The molecular weight excluding hydrogens is 216 g/mol. The van der Waals surface area contributed by atoms with Crippen LogP contribution in [0.25, 0.3) is 11.2 Å². The van der Waals surface area contributed by atoms with Gasteiger partial charge in [-0.05, 0) is 25.2 Å². The van der Waals surface area contributed by atoms with E-state index in [1.807, 2.05) is 0 Å². The first-order chi connectivity index (χ1) is 8.26. The minimum atomic E-state index is -0.0325. The molecule has 2 heterocycles. The van der Waals surface area contributed by atoms with E-state index in [-0.39, 0.29) is 11.4 Å². The van der Waals surface area contributed by atoms with Crippen LogP contribution in [0.5, 0.6) is 0 Å². The number of rotatable bonds is 2. The summed E-state index contributed by atoms with van der Waals surface area (Å²) in [5.41, 5.74) is 2.01. The predicted octanol–water partition coefficient (Wildman–Crippen LogP) is 1.24. The third kappa shape index (κ3) is 1.16. The van der Waals surface area contributed by atoms with E-state index in [0.29, 0.717) is 16.7 Å². The van der Waals surface area contributed by atoms with E-state index in [4.69, 9.17) is 0 Å². The summed E-state index contributed by atoms with van der Waals surface area (Å²) in [6, 6.07) is 0. The molecule has 2 aromatic rings. The van der Waals surface area contributed by atoms with Gasteiger partial charge in [-0.3, -0.25) is 9.78 Å². The molecule has 3 aliphatic rings.